The van der Waals surface area contributed by atoms with E-state index in [9.17, 15) is 4.79 Å². The van der Waals surface area contributed by atoms with E-state index in [4.69, 9.17) is 16.7 Å². The van der Waals surface area contributed by atoms with Crippen LogP contribution in [0.2, 0.25) is 0 Å². The highest BCUT2D eigenvalue weighted by Crippen LogP contribution is 2.36. The molecule has 1 N–H and O–H groups in total. The molecule has 1 atom stereocenters. The number of rotatable bonds is 4. The zero-order valence-electron chi connectivity index (χ0n) is 10.7. The van der Waals surface area contributed by atoms with Gasteiger partial charge in [0.1, 0.15) is 5.38 Å². The molecule has 0 amide bonds. The van der Waals surface area contributed by atoms with Crippen molar-refractivity contribution in [2.24, 2.45) is 0 Å². The van der Waals surface area contributed by atoms with Crippen molar-refractivity contribution in [2.75, 3.05) is 0 Å². The van der Waals surface area contributed by atoms with E-state index in [1.54, 1.807) is 0 Å². The van der Waals surface area contributed by atoms with Crippen LogP contribution < -0.4 is 0 Å². The van der Waals surface area contributed by atoms with E-state index >= 15 is 0 Å². The fourth-order valence-electron chi connectivity index (χ4n) is 2.74. The molecule has 2 rings (SSSR count). The van der Waals surface area contributed by atoms with Crippen LogP contribution in [0.4, 0.5) is 0 Å². The third kappa shape index (κ3) is 3.96. The van der Waals surface area contributed by atoms with Gasteiger partial charge in [-0.05, 0) is 42.4 Å². The fourth-order valence-corrected chi connectivity index (χ4v) is 3.66. The zero-order valence-corrected chi connectivity index (χ0v) is 13.1. The van der Waals surface area contributed by atoms with E-state index in [1.165, 1.54) is 37.7 Å². The molecule has 0 aliphatic heterocycles. The van der Waals surface area contributed by atoms with Gasteiger partial charge in [-0.25, -0.2) is 0 Å². The number of hydrogen-bond acceptors (Lipinski definition) is 1. The van der Waals surface area contributed by atoms with E-state index in [0.29, 0.717) is 12.3 Å². The Labute approximate surface area is 127 Å². The van der Waals surface area contributed by atoms with Crippen molar-refractivity contribution in [3.63, 3.8) is 0 Å². The monoisotopic (exact) mass is 344 g/mol. The Morgan fingerprint density at radius 2 is 2.05 bits per heavy atom. The largest absolute Gasteiger partial charge is 0.480 e. The number of halogens is 2. The average molecular weight is 346 g/mol. The summed E-state index contributed by atoms with van der Waals surface area (Å²) >= 11 is 9.40. The summed E-state index contributed by atoms with van der Waals surface area (Å²) in [6, 6.07) is 6.15. The molecule has 0 spiro atoms. The lowest BCUT2D eigenvalue weighted by Crippen LogP contribution is -2.16. The summed E-state index contributed by atoms with van der Waals surface area (Å²) in [6.45, 7) is 0. The molecule has 104 valence electrons. The van der Waals surface area contributed by atoms with Gasteiger partial charge in [0.05, 0.1) is 0 Å². The molecule has 1 saturated carbocycles. The highest BCUT2D eigenvalue weighted by Gasteiger charge is 2.19. The van der Waals surface area contributed by atoms with E-state index in [1.807, 2.05) is 12.1 Å². The SMILES string of the molecule is O=C(O)C(Cl)Cc1ccc(C2CCCCC2)c(Br)c1. The average Bonchev–Trinajstić information content (AvgIpc) is 2.39. The first-order chi connectivity index (χ1) is 9.08. The van der Waals surface area contributed by atoms with Crippen molar-refractivity contribution in [3.05, 3.63) is 33.8 Å². The third-order valence-corrected chi connectivity index (χ3v) is 4.82. The molecule has 0 heterocycles. The Kier molecular flexibility index (Phi) is 5.28. The van der Waals surface area contributed by atoms with Crippen molar-refractivity contribution >= 4 is 33.5 Å². The van der Waals surface area contributed by atoms with Crippen molar-refractivity contribution in [2.45, 2.75) is 49.8 Å². The van der Waals surface area contributed by atoms with Gasteiger partial charge < -0.3 is 5.11 Å². The molecule has 4 heteroatoms. The van der Waals surface area contributed by atoms with Gasteiger partial charge >= 0.3 is 5.97 Å². The molecule has 0 bridgehead atoms. The molecular formula is C15H18BrClO2. The van der Waals surface area contributed by atoms with Crippen LogP contribution in [0.1, 0.15) is 49.1 Å². The first-order valence-electron chi connectivity index (χ1n) is 6.73. The maximum atomic E-state index is 10.8. The van der Waals surface area contributed by atoms with Gasteiger partial charge in [-0.2, -0.15) is 0 Å². The van der Waals surface area contributed by atoms with E-state index in [0.717, 1.165) is 10.0 Å². The topological polar surface area (TPSA) is 37.3 Å². The van der Waals surface area contributed by atoms with Crippen LogP contribution in [0.25, 0.3) is 0 Å². The first kappa shape index (κ1) is 14.9. The molecule has 19 heavy (non-hydrogen) atoms. The lowest BCUT2D eigenvalue weighted by molar-refractivity contribution is -0.136. The standard InChI is InChI=1S/C15H18BrClO2/c16-13-8-10(9-14(17)15(18)19)6-7-12(13)11-4-2-1-3-5-11/h6-8,11,14H,1-5,9H2,(H,18,19). The molecule has 1 unspecified atom stereocenters. The Morgan fingerprint density at radius 3 is 2.63 bits per heavy atom. The quantitative estimate of drug-likeness (QED) is 0.801. The highest BCUT2D eigenvalue weighted by molar-refractivity contribution is 9.10. The zero-order chi connectivity index (χ0) is 13.8. The molecule has 0 saturated heterocycles. The molecule has 1 aliphatic rings. The molecule has 1 aromatic rings. The minimum Gasteiger partial charge on any atom is -0.480 e. The summed E-state index contributed by atoms with van der Waals surface area (Å²) < 4.78 is 1.09. The van der Waals surface area contributed by atoms with Gasteiger partial charge in [0.25, 0.3) is 0 Å². The van der Waals surface area contributed by atoms with Gasteiger partial charge in [0, 0.05) is 4.47 Å². The number of carbonyl (C=O) groups is 1. The predicted molar refractivity (Wildman–Crippen MR) is 80.9 cm³/mol. The van der Waals surface area contributed by atoms with E-state index in [-0.39, 0.29) is 0 Å². The normalized spacial score (nSPS) is 18.2. The van der Waals surface area contributed by atoms with E-state index in [2.05, 4.69) is 22.0 Å². The highest BCUT2D eigenvalue weighted by atomic mass is 79.9. The van der Waals surface area contributed by atoms with Gasteiger partial charge in [-0.3, -0.25) is 4.79 Å². The number of carboxylic acid groups (broad SMARTS) is 1. The predicted octanol–water partition coefficient (Wildman–Crippen LogP) is 4.73. The summed E-state index contributed by atoms with van der Waals surface area (Å²) in [5, 5.41) is 7.97. The molecule has 1 aliphatic carbocycles. The van der Waals surface area contributed by atoms with Crippen molar-refractivity contribution in [1.29, 1.82) is 0 Å². The number of benzene rings is 1. The van der Waals surface area contributed by atoms with Gasteiger partial charge in [0.2, 0.25) is 0 Å². The number of hydrogen-bond donors (Lipinski definition) is 1. The van der Waals surface area contributed by atoms with E-state index < -0.39 is 11.3 Å². The Hall–Kier alpha value is -0.540. The molecule has 1 aromatic carbocycles. The maximum Gasteiger partial charge on any atom is 0.321 e. The number of carboxylic acids is 1. The first-order valence-corrected chi connectivity index (χ1v) is 7.96. The van der Waals surface area contributed by atoms with Crippen LogP contribution in [-0.4, -0.2) is 16.5 Å². The second kappa shape index (κ2) is 6.76. The number of aliphatic carboxylic acids is 1. The second-order valence-electron chi connectivity index (χ2n) is 5.20. The van der Waals surface area contributed by atoms with Crippen molar-refractivity contribution in [3.8, 4) is 0 Å². The van der Waals surface area contributed by atoms with Crippen molar-refractivity contribution < 1.29 is 9.90 Å². The van der Waals surface area contributed by atoms with Gasteiger partial charge in [-0.1, -0.05) is 47.3 Å². The van der Waals surface area contributed by atoms with Crippen LogP contribution in [0, 0.1) is 0 Å². The minimum atomic E-state index is -0.964. The van der Waals surface area contributed by atoms with Crippen LogP contribution in [0.3, 0.4) is 0 Å². The summed E-state index contributed by atoms with van der Waals surface area (Å²) in [7, 11) is 0. The molecule has 0 aromatic heterocycles. The molecule has 0 radical (unpaired) electrons. The minimum absolute atomic E-state index is 0.362. The fraction of sp³-hybridized carbons (Fsp3) is 0.533. The Balaban J connectivity index is 2.10. The van der Waals surface area contributed by atoms with Gasteiger partial charge in [-0.15, -0.1) is 11.6 Å². The number of alkyl halides is 1. The molecular weight excluding hydrogens is 328 g/mol. The molecule has 1 fully saturated rings. The van der Waals surface area contributed by atoms with Crippen LogP contribution in [0.5, 0.6) is 0 Å². The van der Waals surface area contributed by atoms with Crippen LogP contribution >= 0.6 is 27.5 Å². The Bertz CT molecular complexity index is 455. The Morgan fingerprint density at radius 1 is 1.37 bits per heavy atom. The smallest absolute Gasteiger partial charge is 0.321 e. The van der Waals surface area contributed by atoms with Crippen molar-refractivity contribution in [1.82, 2.24) is 0 Å². The lowest BCUT2D eigenvalue weighted by Gasteiger charge is -2.23. The maximum absolute atomic E-state index is 10.8. The molecule has 2 nitrogen and oxygen atoms in total. The van der Waals surface area contributed by atoms with Gasteiger partial charge in [0.15, 0.2) is 0 Å². The summed E-state index contributed by atoms with van der Waals surface area (Å²) in [4.78, 5) is 10.8. The van der Waals surface area contributed by atoms with Crippen LogP contribution in [0.15, 0.2) is 22.7 Å². The van der Waals surface area contributed by atoms with Crippen LogP contribution in [-0.2, 0) is 11.2 Å². The summed E-state index contributed by atoms with van der Waals surface area (Å²) in [5.41, 5.74) is 2.32. The second-order valence-corrected chi connectivity index (χ2v) is 6.58. The summed E-state index contributed by atoms with van der Waals surface area (Å²) in [5.74, 6) is -0.322. The third-order valence-electron chi connectivity index (χ3n) is 3.79. The summed E-state index contributed by atoms with van der Waals surface area (Å²) in [6.07, 6.45) is 6.83. The lowest BCUT2D eigenvalue weighted by atomic mass is 9.84.